The van der Waals surface area contributed by atoms with Gasteiger partial charge in [0.1, 0.15) is 0 Å². The van der Waals surface area contributed by atoms with Crippen molar-refractivity contribution in [3.8, 4) is 0 Å². The molecule has 0 atom stereocenters. The molecule has 0 amide bonds. The van der Waals surface area contributed by atoms with Crippen molar-refractivity contribution in [3.05, 3.63) is 94.5 Å². The highest BCUT2D eigenvalue weighted by Crippen LogP contribution is 2.23. The lowest BCUT2D eigenvalue weighted by molar-refractivity contribution is 0.895. The summed E-state index contributed by atoms with van der Waals surface area (Å²) in [5.41, 5.74) is 11.5. The second-order valence-corrected chi connectivity index (χ2v) is 10.00. The van der Waals surface area contributed by atoms with E-state index in [-0.39, 0.29) is 0 Å². The van der Waals surface area contributed by atoms with Gasteiger partial charge < -0.3 is 9.80 Å². The molecule has 5 rings (SSSR count). The Balaban J connectivity index is 1.24. The van der Waals surface area contributed by atoms with E-state index in [0.29, 0.717) is 0 Å². The zero-order chi connectivity index (χ0) is 24.2. The van der Waals surface area contributed by atoms with Crippen LogP contribution in [0.5, 0.6) is 0 Å². The molecule has 3 aromatic rings. The lowest BCUT2D eigenvalue weighted by atomic mass is 10.0. The maximum atomic E-state index is 4.63. The van der Waals surface area contributed by atoms with Crippen LogP contribution in [0.3, 0.4) is 0 Å². The van der Waals surface area contributed by atoms with Gasteiger partial charge in [0.15, 0.2) is 0 Å². The van der Waals surface area contributed by atoms with E-state index in [4.69, 9.17) is 0 Å². The Hall–Kier alpha value is -3.40. The molecule has 0 radical (unpaired) electrons. The molecular formula is C31H36N4. The minimum Gasteiger partial charge on any atom is -0.370 e. The third-order valence-corrected chi connectivity index (χ3v) is 7.07. The number of hydrogen-bond donors (Lipinski definition) is 0. The molecule has 35 heavy (non-hydrogen) atoms. The highest BCUT2D eigenvalue weighted by atomic mass is 15.1. The minimum absolute atomic E-state index is 0.884. The van der Waals surface area contributed by atoms with E-state index in [2.05, 4.69) is 108 Å². The van der Waals surface area contributed by atoms with Crippen molar-refractivity contribution >= 4 is 22.8 Å². The molecule has 0 N–H and O–H groups in total. The van der Waals surface area contributed by atoms with Crippen LogP contribution in [-0.2, 0) is 13.1 Å². The van der Waals surface area contributed by atoms with Crippen LogP contribution in [0.4, 0.5) is 11.4 Å². The van der Waals surface area contributed by atoms with Gasteiger partial charge in [0.25, 0.3) is 0 Å². The van der Waals surface area contributed by atoms with E-state index in [1.54, 1.807) is 0 Å². The van der Waals surface area contributed by atoms with E-state index in [1.807, 2.05) is 0 Å². The van der Waals surface area contributed by atoms with Crippen molar-refractivity contribution in [1.29, 1.82) is 0 Å². The lowest BCUT2D eigenvalue weighted by Crippen LogP contribution is -2.18. The second-order valence-electron chi connectivity index (χ2n) is 10.00. The fourth-order valence-corrected chi connectivity index (χ4v) is 5.23. The van der Waals surface area contributed by atoms with Gasteiger partial charge >= 0.3 is 0 Å². The van der Waals surface area contributed by atoms with E-state index < -0.39 is 0 Å². The summed E-state index contributed by atoms with van der Waals surface area (Å²) in [6.45, 7) is 5.91. The summed E-state index contributed by atoms with van der Waals surface area (Å²) in [6.07, 6.45) is 4.58. The van der Waals surface area contributed by atoms with E-state index >= 15 is 0 Å². The summed E-state index contributed by atoms with van der Waals surface area (Å²) < 4.78 is 0. The van der Waals surface area contributed by atoms with Gasteiger partial charge in [-0.2, -0.15) is 0 Å². The smallest absolute Gasteiger partial charge is 0.0426 e. The summed E-state index contributed by atoms with van der Waals surface area (Å²) in [7, 11) is 4.35. The average molecular weight is 465 g/mol. The predicted molar refractivity (Wildman–Crippen MR) is 150 cm³/mol. The summed E-state index contributed by atoms with van der Waals surface area (Å²) in [5, 5.41) is 0. The minimum atomic E-state index is 0.884. The van der Waals surface area contributed by atoms with E-state index in [1.165, 1.54) is 63.5 Å². The number of aliphatic imine (C=N–C) groups is 2. The topological polar surface area (TPSA) is 31.2 Å². The van der Waals surface area contributed by atoms with Crippen molar-refractivity contribution in [2.24, 2.45) is 9.98 Å². The third kappa shape index (κ3) is 5.64. The third-order valence-electron chi connectivity index (χ3n) is 7.07. The van der Waals surface area contributed by atoms with Crippen molar-refractivity contribution in [2.45, 2.75) is 45.7 Å². The van der Waals surface area contributed by atoms with E-state index in [9.17, 15) is 0 Å². The zero-order valence-electron chi connectivity index (χ0n) is 21.3. The maximum absolute atomic E-state index is 4.63. The maximum Gasteiger partial charge on any atom is 0.0426 e. The molecule has 0 bridgehead atoms. The predicted octanol–water partition coefficient (Wildman–Crippen LogP) is 6.43. The Labute approximate surface area is 210 Å². The van der Waals surface area contributed by atoms with Gasteiger partial charge in [0.05, 0.1) is 0 Å². The van der Waals surface area contributed by atoms with Crippen molar-refractivity contribution < 1.29 is 0 Å². The first-order chi connectivity index (χ1) is 17.0. The average Bonchev–Trinajstić information content (AvgIpc) is 3.59. The molecule has 2 aliphatic rings. The van der Waals surface area contributed by atoms with Crippen LogP contribution in [0, 0.1) is 6.92 Å². The lowest BCUT2D eigenvalue weighted by Gasteiger charge is -2.23. The number of nitrogens with zero attached hydrogens (tertiary/aromatic N) is 4. The molecule has 2 heterocycles. The Kier molecular flexibility index (Phi) is 6.98. The Morgan fingerprint density at radius 1 is 0.629 bits per heavy atom. The van der Waals surface area contributed by atoms with Crippen LogP contribution in [0.25, 0.3) is 0 Å². The molecule has 3 aromatic carbocycles. The summed E-state index contributed by atoms with van der Waals surface area (Å²) >= 11 is 0. The second kappa shape index (κ2) is 10.5. The molecule has 0 unspecified atom stereocenters. The normalized spacial score (nSPS) is 15.2. The summed E-state index contributed by atoms with van der Waals surface area (Å²) in [5.74, 6) is 0. The monoisotopic (exact) mass is 464 g/mol. The Bertz CT molecular complexity index is 1130. The molecule has 0 fully saturated rings. The fraction of sp³-hybridized carbons (Fsp3) is 0.355. The Morgan fingerprint density at radius 3 is 1.43 bits per heavy atom. The quantitative estimate of drug-likeness (QED) is 0.384. The van der Waals surface area contributed by atoms with Crippen molar-refractivity contribution in [1.82, 2.24) is 0 Å². The van der Waals surface area contributed by atoms with Gasteiger partial charge in [0.2, 0.25) is 0 Å². The number of benzene rings is 3. The van der Waals surface area contributed by atoms with Gasteiger partial charge in [-0.1, -0.05) is 48.0 Å². The molecule has 4 nitrogen and oxygen atoms in total. The molecule has 0 aromatic heterocycles. The van der Waals surface area contributed by atoms with Crippen molar-refractivity contribution in [3.63, 3.8) is 0 Å². The van der Waals surface area contributed by atoms with Gasteiger partial charge in [-0.05, 0) is 79.1 Å². The van der Waals surface area contributed by atoms with Gasteiger partial charge in [-0.25, -0.2) is 0 Å². The number of anilines is 2. The standard InChI is InChI=1S/C31H36N4/c1-23-18-24(21-34(2)28-12-8-26(9-13-28)30-6-4-16-32-30)20-25(19-23)22-35(3)29-14-10-27(11-15-29)31-7-5-17-33-31/h8-15,18-20H,4-7,16-17,21-22H2,1-3H3. The van der Waals surface area contributed by atoms with E-state index in [0.717, 1.165) is 39.0 Å². The highest BCUT2D eigenvalue weighted by molar-refractivity contribution is 6.02. The molecule has 180 valence electrons. The first-order valence-corrected chi connectivity index (χ1v) is 12.8. The molecule has 0 aliphatic carbocycles. The number of rotatable bonds is 8. The largest absolute Gasteiger partial charge is 0.370 e. The molecule has 0 saturated heterocycles. The molecular weight excluding hydrogens is 428 g/mol. The first kappa shape index (κ1) is 23.3. The summed E-state index contributed by atoms with van der Waals surface area (Å²) in [6, 6.07) is 24.7. The molecule has 0 saturated carbocycles. The number of aryl methyl sites for hydroxylation is 1. The van der Waals surface area contributed by atoms with Crippen LogP contribution in [-0.4, -0.2) is 38.6 Å². The zero-order valence-corrected chi connectivity index (χ0v) is 21.3. The molecule has 4 heteroatoms. The van der Waals surface area contributed by atoms with Gasteiger partial charge in [0, 0.05) is 63.1 Å². The fourth-order valence-electron chi connectivity index (χ4n) is 5.23. The van der Waals surface area contributed by atoms with Crippen LogP contribution in [0.1, 0.15) is 53.5 Å². The molecule has 2 aliphatic heterocycles. The molecule has 0 spiro atoms. The van der Waals surface area contributed by atoms with Crippen LogP contribution >= 0.6 is 0 Å². The Morgan fingerprint density at radius 2 is 1.06 bits per heavy atom. The highest BCUT2D eigenvalue weighted by Gasteiger charge is 2.12. The van der Waals surface area contributed by atoms with Gasteiger partial charge in [-0.15, -0.1) is 0 Å². The number of hydrogen-bond acceptors (Lipinski definition) is 4. The van der Waals surface area contributed by atoms with Crippen molar-refractivity contribution in [2.75, 3.05) is 37.0 Å². The van der Waals surface area contributed by atoms with Crippen LogP contribution in [0.15, 0.2) is 76.7 Å². The first-order valence-electron chi connectivity index (χ1n) is 12.8. The van der Waals surface area contributed by atoms with Gasteiger partial charge in [-0.3, -0.25) is 9.98 Å². The SMILES string of the molecule is Cc1cc(CN(C)c2ccc(C3=NCCC3)cc2)cc(CN(C)c2ccc(C3=NCCC3)cc2)c1. The summed E-state index contributed by atoms with van der Waals surface area (Å²) in [4.78, 5) is 13.9. The van der Waals surface area contributed by atoms with Crippen LogP contribution in [0.2, 0.25) is 0 Å². The van der Waals surface area contributed by atoms with Crippen LogP contribution < -0.4 is 9.80 Å².